The summed E-state index contributed by atoms with van der Waals surface area (Å²) in [5.74, 6) is 0.542. The van der Waals surface area contributed by atoms with Gasteiger partial charge in [-0.1, -0.05) is 41.0 Å². The Morgan fingerprint density at radius 1 is 1.19 bits per heavy atom. The van der Waals surface area contributed by atoms with Gasteiger partial charge in [0.1, 0.15) is 5.82 Å². The van der Waals surface area contributed by atoms with Gasteiger partial charge in [0.25, 0.3) is 6.43 Å². The number of nitrogens with zero attached hydrogens (tertiary/aromatic N) is 2. The van der Waals surface area contributed by atoms with Crippen LogP contribution in [0, 0.1) is 5.92 Å². The van der Waals surface area contributed by atoms with Crippen LogP contribution in [0.3, 0.4) is 0 Å². The van der Waals surface area contributed by atoms with Crippen molar-refractivity contribution >= 4 is 11.0 Å². The number of hydrogen-bond donors (Lipinski definition) is 1. The van der Waals surface area contributed by atoms with Crippen molar-refractivity contribution in [3.63, 3.8) is 0 Å². The first-order valence-electron chi connectivity index (χ1n) is 10.8. The topological polar surface area (TPSA) is 53.1 Å². The molecule has 1 aliphatic rings. The highest BCUT2D eigenvalue weighted by molar-refractivity contribution is 5.77. The Kier molecular flexibility index (Phi) is 14.3. The van der Waals surface area contributed by atoms with Crippen molar-refractivity contribution in [3.8, 4) is 0 Å². The van der Waals surface area contributed by atoms with Gasteiger partial charge in [0.15, 0.2) is 0 Å². The van der Waals surface area contributed by atoms with E-state index in [-0.39, 0.29) is 11.4 Å². The van der Waals surface area contributed by atoms with Gasteiger partial charge < -0.3 is 15.0 Å². The number of nitrogens with two attached hydrogens (primary N) is 1. The number of fused-ring (bicyclic) bond motifs is 1. The Balaban J connectivity index is 0.000000991. The van der Waals surface area contributed by atoms with E-state index in [1.54, 1.807) is 0 Å². The average molecular weight is 454 g/mol. The highest BCUT2D eigenvalue weighted by Gasteiger charge is 2.31. The van der Waals surface area contributed by atoms with Crippen molar-refractivity contribution in [1.29, 1.82) is 0 Å². The van der Waals surface area contributed by atoms with E-state index >= 15 is 0 Å². The van der Waals surface area contributed by atoms with Gasteiger partial charge in [0, 0.05) is 19.6 Å². The van der Waals surface area contributed by atoms with Gasteiger partial charge in [-0.15, -0.1) is 0 Å². The summed E-state index contributed by atoms with van der Waals surface area (Å²) in [6.07, 6.45) is -4.72. The van der Waals surface area contributed by atoms with Crippen LogP contribution in [0.2, 0.25) is 0 Å². The van der Waals surface area contributed by atoms with Gasteiger partial charge in [0.05, 0.1) is 23.1 Å². The molecular formula is C22H36F5N3O. The van der Waals surface area contributed by atoms with E-state index in [9.17, 15) is 22.0 Å². The van der Waals surface area contributed by atoms with Crippen LogP contribution in [0.1, 0.15) is 58.8 Å². The Hall–Kier alpha value is -1.74. The maximum Gasteiger partial charge on any atom is 0.416 e. The molecule has 0 radical (unpaired) electrons. The quantitative estimate of drug-likeness (QED) is 0.552. The van der Waals surface area contributed by atoms with Crippen LogP contribution in [0.25, 0.3) is 11.0 Å². The van der Waals surface area contributed by atoms with Crippen LogP contribution < -0.4 is 5.73 Å². The van der Waals surface area contributed by atoms with Crippen molar-refractivity contribution in [2.75, 3.05) is 19.8 Å². The third-order valence-corrected chi connectivity index (χ3v) is 3.97. The lowest BCUT2D eigenvalue weighted by Gasteiger charge is -2.12. The van der Waals surface area contributed by atoms with Crippen molar-refractivity contribution in [3.05, 3.63) is 29.6 Å². The maximum absolute atomic E-state index is 12.9. The van der Waals surface area contributed by atoms with E-state index in [0.29, 0.717) is 31.0 Å². The van der Waals surface area contributed by atoms with Crippen molar-refractivity contribution in [2.45, 2.75) is 73.0 Å². The molecule has 0 spiro atoms. The first kappa shape index (κ1) is 29.3. The molecule has 2 N–H and O–H groups in total. The molecule has 2 aromatic rings. The van der Waals surface area contributed by atoms with Crippen LogP contribution in [0.5, 0.6) is 0 Å². The SMILES string of the molecule is CC.CCC.CCN.FC(F)Cn1c(C[C@@H]2CCOC2)nc2ccc(C(F)(F)F)cc21. The van der Waals surface area contributed by atoms with E-state index in [0.717, 1.165) is 25.1 Å². The zero-order valence-corrected chi connectivity index (χ0v) is 19.1. The van der Waals surface area contributed by atoms with Crippen molar-refractivity contribution in [2.24, 2.45) is 11.7 Å². The van der Waals surface area contributed by atoms with Crippen LogP contribution in [0.4, 0.5) is 22.0 Å². The standard InChI is InChI=1S/C15H15F5N2O.C3H8.C2H7N.C2H6/c16-13(17)7-22-12-6-10(15(18,19)20)1-2-11(12)21-14(22)5-9-3-4-23-8-9;1-3-2;1-2-3;1-2/h1-2,6,9,13H,3-5,7-8H2;3H2,1-2H3;2-3H2,1H3;1-2H3/t9-;;;/m0.../s1. The predicted octanol–water partition coefficient (Wildman–Crippen LogP) is 6.31. The number of imidazole rings is 1. The molecule has 3 rings (SSSR count). The molecule has 2 heterocycles. The van der Waals surface area contributed by atoms with Crippen LogP contribution in [0.15, 0.2) is 18.2 Å². The normalized spacial score (nSPS) is 15.5. The minimum atomic E-state index is -4.52. The summed E-state index contributed by atoms with van der Waals surface area (Å²) in [7, 11) is 0. The van der Waals surface area contributed by atoms with E-state index in [1.807, 2.05) is 20.8 Å². The molecule has 1 aliphatic heterocycles. The minimum Gasteiger partial charge on any atom is -0.381 e. The Labute approximate surface area is 182 Å². The molecule has 1 atom stereocenters. The average Bonchev–Trinajstić information content (AvgIpc) is 3.32. The minimum absolute atomic E-state index is 0.0917. The van der Waals surface area contributed by atoms with E-state index in [4.69, 9.17) is 10.5 Å². The number of aromatic nitrogens is 2. The first-order chi connectivity index (χ1) is 14.7. The second-order valence-electron chi connectivity index (χ2n) is 6.78. The molecule has 4 nitrogen and oxygen atoms in total. The summed E-state index contributed by atoms with van der Waals surface area (Å²) in [5, 5.41) is 0. The van der Waals surface area contributed by atoms with Gasteiger partial charge in [0.2, 0.25) is 0 Å². The smallest absolute Gasteiger partial charge is 0.381 e. The Morgan fingerprint density at radius 3 is 2.23 bits per heavy atom. The van der Waals surface area contributed by atoms with Gasteiger partial charge in [-0.3, -0.25) is 0 Å². The van der Waals surface area contributed by atoms with Crippen LogP contribution in [-0.2, 0) is 23.9 Å². The molecule has 1 saturated heterocycles. The lowest BCUT2D eigenvalue weighted by atomic mass is 10.0. The van der Waals surface area contributed by atoms with Crippen molar-refractivity contribution < 1.29 is 26.7 Å². The number of alkyl halides is 5. The molecule has 180 valence electrons. The number of halogens is 5. The molecular weight excluding hydrogens is 417 g/mol. The molecule has 1 aromatic heterocycles. The van der Waals surface area contributed by atoms with E-state index < -0.39 is 24.7 Å². The second-order valence-corrected chi connectivity index (χ2v) is 6.78. The van der Waals surface area contributed by atoms with Gasteiger partial charge in [-0.2, -0.15) is 13.2 Å². The summed E-state index contributed by atoms with van der Waals surface area (Å²) in [6, 6.07) is 3.04. The number of benzene rings is 1. The highest BCUT2D eigenvalue weighted by Crippen LogP contribution is 2.32. The lowest BCUT2D eigenvalue weighted by molar-refractivity contribution is -0.137. The zero-order valence-electron chi connectivity index (χ0n) is 19.1. The Bertz CT molecular complexity index is 724. The summed E-state index contributed by atoms with van der Waals surface area (Å²) in [5.41, 5.74) is 4.37. The number of ether oxygens (including phenoxy) is 1. The molecule has 31 heavy (non-hydrogen) atoms. The molecule has 9 heteroatoms. The molecule has 1 fully saturated rings. The third-order valence-electron chi connectivity index (χ3n) is 3.97. The van der Waals surface area contributed by atoms with Crippen LogP contribution >= 0.6 is 0 Å². The van der Waals surface area contributed by atoms with Crippen molar-refractivity contribution in [1.82, 2.24) is 9.55 Å². The van der Waals surface area contributed by atoms with Gasteiger partial charge in [-0.05, 0) is 37.1 Å². The van der Waals surface area contributed by atoms with Crippen LogP contribution in [-0.4, -0.2) is 35.7 Å². The largest absolute Gasteiger partial charge is 0.416 e. The summed E-state index contributed by atoms with van der Waals surface area (Å²) in [4.78, 5) is 4.26. The molecule has 0 aliphatic carbocycles. The highest BCUT2D eigenvalue weighted by atomic mass is 19.4. The number of rotatable bonds is 4. The second kappa shape index (κ2) is 15.1. The predicted molar refractivity (Wildman–Crippen MR) is 115 cm³/mol. The lowest BCUT2D eigenvalue weighted by Crippen LogP contribution is -2.14. The summed E-state index contributed by atoms with van der Waals surface area (Å²) in [6.45, 7) is 11.4. The molecule has 0 saturated carbocycles. The zero-order chi connectivity index (χ0) is 24.0. The first-order valence-corrected chi connectivity index (χ1v) is 10.8. The molecule has 0 unspecified atom stereocenters. The third kappa shape index (κ3) is 9.95. The molecule has 0 bridgehead atoms. The Morgan fingerprint density at radius 2 is 1.77 bits per heavy atom. The summed E-state index contributed by atoms with van der Waals surface area (Å²) >= 11 is 0. The monoisotopic (exact) mass is 453 g/mol. The van der Waals surface area contributed by atoms with E-state index in [2.05, 4.69) is 18.8 Å². The van der Waals surface area contributed by atoms with E-state index in [1.165, 1.54) is 17.1 Å². The molecule has 1 aromatic carbocycles. The fraction of sp³-hybridized carbons (Fsp3) is 0.682. The fourth-order valence-corrected chi connectivity index (χ4v) is 2.85. The summed E-state index contributed by atoms with van der Waals surface area (Å²) < 4.78 is 70.7. The number of hydrogen-bond acceptors (Lipinski definition) is 3. The van der Waals surface area contributed by atoms with Gasteiger partial charge in [-0.25, -0.2) is 13.8 Å². The van der Waals surface area contributed by atoms with Gasteiger partial charge >= 0.3 is 6.18 Å². The maximum atomic E-state index is 12.9. The molecule has 0 amide bonds. The fourth-order valence-electron chi connectivity index (χ4n) is 2.85.